The van der Waals surface area contributed by atoms with Crippen LogP contribution in [-0.4, -0.2) is 25.2 Å². The van der Waals surface area contributed by atoms with E-state index in [0.717, 1.165) is 24.1 Å². The molecule has 1 heterocycles. The quantitative estimate of drug-likeness (QED) is 0.861. The molecular formula is C18H21F3N2O2S. The average Bonchev–Trinajstić information content (AvgIpc) is 2.50. The monoisotopic (exact) mass is 386 g/mol. The summed E-state index contributed by atoms with van der Waals surface area (Å²) in [6.07, 6.45) is -2.32. The molecule has 0 aliphatic rings. The zero-order valence-electron chi connectivity index (χ0n) is 15.0. The minimum atomic E-state index is -4.52. The predicted molar refractivity (Wildman–Crippen MR) is 94.4 cm³/mol. The van der Waals surface area contributed by atoms with Crippen LogP contribution in [0.3, 0.4) is 0 Å². The van der Waals surface area contributed by atoms with Crippen molar-refractivity contribution in [2.24, 2.45) is 0 Å². The van der Waals surface area contributed by atoms with Gasteiger partial charge in [-0.05, 0) is 56.2 Å². The van der Waals surface area contributed by atoms with Crippen molar-refractivity contribution in [1.29, 1.82) is 0 Å². The number of rotatable bonds is 4. The summed E-state index contributed by atoms with van der Waals surface area (Å²) in [6.45, 7) is 6.37. The van der Waals surface area contributed by atoms with Crippen molar-refractivity contribution in [1.82, 2.24) is 10.3 Å². The van der Waals surface area contributed by atoms with Gasteiger partial charge in [-0.3, -0.25) is 4.98 Å². The Kier molecular flexibility index (Phi) is 5.49. The number of pyridine rings is 1. The van der Waals surface area contributed by atoms with Gasteiger partial charge in [-0.2, -0.15) is 13.2 Å². The van der Waals surface area contributed by atoms with E-state index < -0.39 is 21.7 Å². The number of halogens is 3. The Morgan fingerprint density at radius 2 is 1.69 bits per heavy atom. The summed E-state index contributed by atoms with van der Waals surface area (Å²) in [5.41, 5.74) is 0.477. The molecule has 4 nitrogen and oxygen atoms in total. The zero-order valence-corrected chi connectivity index (χ0v) is 15.8. The van der Waals surface area contributed by atoms with Crippen LogP contribution in [0.4, 0.5) is 13.2 Å². The molecule has 8 heteroatoms. The summed E-state index contributed by atoms with van der Waals surface area (Å²) in [7, 11) is -3.47. The predicted octanol–water partition coefficient (Wildman–Crippen LogP) is 4.06. The summed E-state index contributed by atoms with van der Waals surface area (Å²) < 4.78 is 61.9. The maximum atomic E-state index is 12.7. The Labute approximate surface area is 151 Å². The van der Waals surface area contributed by atoms with E-state index in [2.05, 4.69) is 10.3 Å². The molecule has 0 saturated carbocycles. The minimum Gasteiger partial charge on any atom is -0.308 e. The molecule has 2 aromatic rings. The van der Waals surface area contributed by atoms with Crippen LogP contribution >= 0.6 is 0 Å². The first-order valence-corrected chi connectivity index (χ1v) is 9.77. The van der Waals surface area contributed by atoms with Gasteiger partial charge in [0.25, 0.3) is 0 Å². The van der Waals surface area contributed by atoms with Crippen molar-refractivity contribution < 1.29 is 21.6 Å². The van der Waals surface area contributed by atoms with Crippen LogP contribution in [0.25, 0.3) is 11.1 Å². The van der Waals surface area contributed by atoms with Crippen LogP contribution in [0.15, 0.2) is 41.4 Å². The lowest BCUT2D eigenvalue weighted by atomic mass is 10.0. The molecule has 0 unspecified atom stereocenters. The van der Waals surface area contributed by atoms with E-state index in [0.29, 0.717) is 17.7 Å². The Morgan fingerprint density at radius 1 is 1.04 bits per heavy atom. The highest BCUT2D eigenvalue weighted by Crippen LogP contribution is 2.30. The molecule has 0 bridgehead atoms. The SMILES string of the molecule is CC(C)(C)NCc1cc(-c2ccc(C(F)(F)F)nc2)cc(S(C)(=O)=O)c1. The maximum absolute atomic E-state index is 12.7. The van der Waals surface area contributed by atoms with E-state index in [1.165, 1.54) is 12.1 Å². The van der Waals surface area contributed by atoms with Crippen LogP contribution in [0.2, 0.25) is 0 Å². The van der Waals surface area contributed by atoms with Crippen molar-refractivity contribution in [3.05, 3.63) is 47.8 Å². The normalized spacial score (nSPS) is 13.0. The van der Waals surface area contributed by atoms with E-state index in [1.807, 2.05) is 20.8 Å². The van der Waals surface area contributed by atoms with E-state index in [-0.39, 0.29) is 10.4 Å². The topological polar surface area (TPSA) is 59.1 Å². The Balaban J connectivity index is 2.47. The lowest BCUT2D eigenvalue weighted by molar-refractivity contribution is -0.141. The molecule has 0 aliphatic carbocycles. The van der Waals surface area contributed by atoms with Gasteiger partial charge < -0.3 is 5.32 Å². The summed E-state index contributed by atoms with van der Waals surface area (Å²) in [4.78, 5) is 3.55. The molecule has 1 aromatic heterocycles. The largest absolute Gasteiger partial charge is 0.433 e. The number of alkyl halides is 3. The highest BCUT2D eigenvalue weighted by atomic mass is 32.2. The average molecular weight is 386 g/mol. The maximum Gasteiger partial charge on any atom is 0.433 e. The number of hydrogen-bond donors (Lipinski definition) is 1. The molecule has 142 valence electrons. The first kappa shape index (κ1) is 20.4. The fourth-order valence-electron chi connectivity index (χ4n) is 2.24. The third-order valence-electron chi connectivity index (χ3n) is 3.60. The van der Waals surface area contributed by atoms with Crippen molar-refractivity contribution in [2.75, 3.05) is 6.26 Å². The summed E-state index contributed by atoms with van der Waals surface area (Å²) in [5, 5.41) is 3.27. The number of nitrogens with one attached hydrogen (secondary N) is 1. The van der Waals surface area contributed by atoms with E-state index in [1.54, 1.807) is 12.1 Å². The van der Waals surface area contributed by atoms with Gasteiger partial charge in [-0.25, -0.2) is 8.42 Å². The first-order chi connectivity index (χ1) is 11.8. The number of nitrogens with zero attached hydrogens (tertiary/aromatic N) is 1. The first-order valence-electron chi connectivity index (χ1n) is 7.88. The minimum absolute atomic E-state index is 0.112. The lowest BCUT2D eigenvalue weighted by Gasteiger charge is -2.21. The lowest BCUT2D eigenvalue weighted by Crippen LogP contribution is -2.35. The second-order valence-corrected chi connectivity index (χ2v) is 9.19. The number of sulfone groups is 1. The van der Waals surface area contributed by atoms with Crippen molar-refractivity contribution >= 4 is 9.84 Å². The number of aromatic nitrogens is 1. The van der Waals surface area contributed by atoms with Crippen molar-refractivity contribution in [2.45, 2.75) is 43.9 Å². The van der Waals surface area contributed by atoms with Crippen LogP contribution in [0, 0.1) is 0 Å². The van der Waals surface area contributed by atoms with E-state index >= 15 is 0 Å². The molecule has 0 saturated heterocycles. The van der Waals surface area contributed by atoms with Gasteiger partial charge in [0.2, 0.25) is 0 Å². The molecule has 0 radical (unpaired) electrons. The summed E-state index contributed by atoms with van der Waals surface area (Å²) >= 11 is 0. The van der Waals surface area contributed by atoms with Crippen LogP contribution in [0.1, 0.15) is 32.0 Å². The zero-order chi connectivity index (χ0) is 19.8. The fourth-order valence-corrected chi connectivity index (χ4v) is 2.95. The van der Waals surface area contributed by atoms with Crippen LogP contribution in [0.5, 0.6) is 0 Å². The van der Waals surface area contributed by atoms with Crippen LogP contribution in [-0.2, 0) is 22.6 Å². The van der Waals surface area contributed by atoms with Gasteiger partial charge in [0, 0.05) is 30.1 Å². The Morgan fingerprint density at radius 3 is 2.15 bits per heavy atom. The molecule has 2 rings (SSSR count). The summed E-state index contributed by atoms with van der Waals surface area (Å²) in [6, 6.07) is 6.93. The Hall–Kier alpha value is -1.93. The van der Waals surface area contributed by atoms with Gasteiger partial charge in [0.15, 0.2) is 9.84 Å². The standard InChI is InChI=1S/C18H21F3N2O2S/c1-17(2,3)23-10-12-7-14(9-15(8-12)26(4,24)25)13-5-6-16(22-11-13)18(19,20)21/h5-9,11,23H,10H2,1-4H3. The van der Waals surface area contributed by atoms with Crippen molar-refractivity contribution in [3.63, 3.8) is 0 Å². The second-order valence-electron chi connectivity index (χ2n) is 7.17. The smallest absolute Gasteiger partial charge is 0.308 e. The van der Waals surface area contributed by atoms with Gasteiger partial charge in [-0.1, -0.05) is 6.07 Å². The highest BCUT2D eigenvalue weighted by Gasteiger charge is 2.32. The van der Waals surface area contributed by atoms with Crippen LogP contribution < -0.4 is 5.32 Å². The molecular weight excluding hydrogens is 365 g/mol. The van der Waals surface area contributed by atoms with Crippen molar-refractivity contribution in [3.8, 4) is 11.1 Å². The molecule has 0 aliphatic heterocycles. The van der Waals surface area contributed by atoms with E-state index in [4.69, 9.17) is 0 Å². The molecule has 0 atom stereocenters. The number of benzene rings is 1. The molecule has 1 aromatic carbocycles. The van der Waals surface area contributed by atoms with Gasteiger partial charge in [-0.15, -0.1) is 0 Å². The van der Waals surface area contributed by atoms with Gasteiger partial charge in [0.1, 0.15) is 5.69 Å². The third-order valence-corrected chi connectivity index (χ3v) is 4.70. The highest BCUT2D eigenvalue weighted by molar-refractivity contribution is 7.90. The van der Waals surface area contributed by atoms with E-state index in [9.17, 15) is 21.6 Å². The molecule has 0 fully saturated rings. The van der Waals surface area contributed by atoms with Gasteiger partial charge in [0.05, 0.1) is 4.90 Å². The summed E-state index contributed by atoms with van der Waals surface area (Å²) in [5.74, 6) is 0. The second kappa shape index (κ2) is 7.00. The molecule has 0 spiro atoms. The van der Waals surface area contributed by atoms with Gasteiger partial charge >= 0.3 is 6.18 Å². The fraction of sp³-hybridized carbons (Fsp3) is 0.389. The molecule has 0 amide bonds. The number of hydrogen-bond acceptors (Lipinski definition) is 4. The molecule has 26 heavy (non-hydrogen) atoms. The third kappa shape index (κ3) is 5.54. The molecule has 1 N–H and O–H groups in total. The Bertz CT molecular complexity index is 884.